The summed E-state index contributed by atoms with van der Waals surface area (Å²) < 4.78 is 0. The molecule has 1 unspecified atom stereocenters. The SMILES string of the molecule is CCNc1cc(CSC(C)CCO)ccn1. The first-order valence-corrected chi connectivity index (χ1v) is 6.72. The Morgan fingerprint density at radius 1 is 1.56 bits per heavy atom. The highest BCUT2D eigenvalue weighted by Crippen LogP contribution is 2.20. The Morgan fingerprint density at radius 2 is 2.38 bits per heavy atom. The molecule has 90 valence electrons. The van der Waals surface area contributed by atoms with Gasteiger partial charge in [-0.2, -0.15) is 11.8 Å². The number of hydrogen-bond donors (Lipinski definition) is 2. The van der Waals surface area contributed by atoms with Gasteiger partial charge in [-0.1, -0.05) is 6.92 Å². The van der Waals surface area contributed by atoms with Crippen molar-refractivity contribution < 1.29 is 5.11 Å². The van der Waals surface area contributed by atoms with Gasteiger partial charge in [0, 0.05) is 30.4 Å². The first-order valence-electron chi connectivity index (χ1n) is 5.67. The molecule has 0 aliphatic carbocycles. The second-order valence-electron chi connectivity index (χ2n) is 3.71. The molecule has 0 saturated heterocycles. The maximum Gasteiger partial charge on any atom is 0.126 e. The Hall–Kier alpha value is -0.740. The van der Waals surface area contributed by atoms with Crippen LogP contribution in [0.2, 0.25) is 0 Å². The van der Waals surface area contributed by atoms with E-state index in [2.05, 4.69) is 30.2 Å². The topological polar surface area (TPSA) is 45.1 Å². The molecule has 0 aliphatic heterocycles. The van der Waals surface area contributed by atoms with Crippen LogP contribution in [0, 0.1) is 0 Å². The smallest absolute Gasteiger partial charge is 0.126 e. The van der Waals surface area contributed by atoms with Crippen molar-refractivity contribution in [2.24, 2.45) is 0 Å². The Bertz CT molecular complexity index is 307. The van der Waals surface area contributed by atoms with Gasteiger partial charge in [-0.25, -0.2) is 4.98 Å². The van der Waals surface area contributed by atoms with E-state index in [1.807, 2.05) is 24.0 Å². The maximum absolute atomic E-state index is 8.81. The maximum atomic E-state index is 8.81. The molecule has 0 saturated carbocycles. The Morgan fingerprint density at radius 3 is 3.06 bits per heavy atom. The second-order valence-corrected chi connectivity index (χ2v) is 5.14. The number of hydrogen-bond acceptors (Lipinski definition) is 4. The summed E-state index contributed by atoms with van der Waals surface area (Å²) in [6.45, 7) is 5.37. The van der Waals surface area contributed by atoms with Crippen LogP contribution in [0.15, 0.2) is 18.3 Å². The minimum atomic E-state index is 0.271. The molecule has 0 spiro atoms. The summed E-state index contributed by atoms with van der Waals surface area (Å²) in [6, 6.07) is 4.13. The molecule has 1 heterocycles. The highest BCUT2D eigenvalue weighted by molar-refractivity contribution is 7.99. The van der Waals surface area contributed by atoms with Gasteiger partial charge in [0.2, 0.25) is 0 Å². The summed E-state index contributed by atoms with van der Waals surface area (Å²) in [6.07, 6.45) is 2.69. The molecule has 1 aromatic heterocycles. The van der Waals surface area contributed by atoms with E-state index in [0.717, 1.165) is 24.5 Å². The van der Waals surface area contributed by atoms with Gasteiger partial charge < -0.3 is 10.4 Å². The van der Waals surface area contributed by atoms with Crippen LogP contribution in [-0.2, 0) is 5.75 Å². The van der Waals surface area contributed by atoms with Crippen molar-refractivity contribution >= 4 is 17.6 Å². The summed E-state index contributed by atoms with van der Waals surface area (Å²) >= 11 is 1.87. The van der Waals surface area contributed by atoms with Crippen molar-refractivity contribution in [1.29, 1.82) is 0 Å². The molecule has 0 radical (unpaired) electrons. The van der Waals surface area contributed by atoms with Crippen LogP contribution in [0.1, 0.15) is 25.8 Å². The summed E-state index contributed by atoms with van der Waals surface area (Å²) in [4.78, 5) is 4.23. The van der Waals surface area contributed by atoms with Crippen molar-refractivity contribution in [1.82, 2.24) is 4.98 Å². The fraction of sp³-hybridized carbons (Fsp3) is 0.583. The number of pyridine rings is 1. The predicted molar refractivity (Wildman–Crippen MR) is 70.9 cm³/mol. The van der Waals surface area contributed by atoms with Crippen molar-refractivity contribution in [2.45, 2.75) is 31.3 Å². The minimum Gasteiger partial charge on any atom is -0.396 e. The Labute approximate surface area is 102 Å². The standard InChI is InChI=1S/C12H20N2OS/c1-3-13-12-8-11(4-6-14-12)9-16-10(2)5-7-15/h4,6,8,10,15H,3,5,7,9H2,1-2H3,(H,13,14). The summed E-state index contributed by atoms with van der Waals surface area (Å²) in [5, 5.41) is 12.5. The average molecular weight is 240 g/mol. The number of aromatic nitrogens is 1. The van der Waals surface area contributed by atoms with Crippen LogP contribution in [0.5, 0.6) is 0 Å². The summed E-state index contributed by atoms with van der Waals surface area (Å²) in [7, 11) is 0. The lowest BCUT2D eigenvalue weighted by atomic mass is 10.3. The highest BCUT2D eigenvalue weighted by atomic mass is 32.2. The van der Waals surface area contributed by atoms with Gasteiger partial charge in [0.15, 0.2) is 0 Å². The molecule has 0 aromatic carbocycles. The van der Waals surface area contributed by atoms with Gasteiger partial charge in [-0.05, 0) is 31.0 Å². The Balaban J connectivity index is 2.44. The third-order valence-corrected chi connectivity index (χ3v) is 3.56. The lowest BCUT2D eigenvalue weighted by Gasteiger charge is -2.10. The van der Waals surface area contributed by atoms with Gasteiger partial charge in [-0.3, -0.25) is 0 Å². The molecule has 3 nitrogen and oxygen atoms in total. The molecule has 4 heteroatoms. The van der Waals surface area contributed by atoms with Crippen LogP contribution in [-0.4, -0.2) is 28.5 Å². The molecule has 16 heavy (non-hydrogen) atoms. The van der Waals surface area contributed by atoms with Crippen molar-refractivity contribution in [3.8, 4) is 0 Å². The molecule has 1 aromatic rings. The molecule has 0 bridgehead atoms. The molecular weight excluding hydrogens is 220 g/mol. The third-order valence-electron chi connectivity index (χ3n) is 2.25. The number of rotatable bonds is 7. The molecular formula is C12H20N2OS. The molecule has 1 rings (SSSR count). The largest absolute Gasteiger partial charge is 0.396 e. The zero-order valence-electron chi connectivity index (χ0n) is 9.94. The van der Waals surface area contributed by atoms with Crippen molar-refractivity contribution in [2.75, 3.05) is 18.5 Å². The average Bonchev–Trinajstić information content (AvgIpc) is 2.28. The first-order chi connectivity index (χ1) is 7.76. The van der Waals surface area contributed by atoms with E-state index >= 15 is 0 Å². The van der Waals surface area contributed by atoms with Crippen LogP contribution in [0.4, 0.5) is 5.82 Å². The van der Waals surface area contributed by atoms with Crippen LogP contribution in [0.25, 0.3) is 0 Å². The van der Waals surface area contributed by atoms with Gasteiger partial charge in [0.05, 0.1) is 0 Å². The fourth-order valence-electron chi connectivity index (χ4n) is 1.35. The quantitative estimate of drug-likeness (QED) is 0.768. The fourth-order valence-corrected chi connectivity index (χ4v) is 2.27. The van der Waals surface area contributed by atoms with Crippen LogP contribution < -0.4 is 5.32 Å². The van der Waals surface area contributed by atoms with E-state index < -0.39 is 0 Å². The van der Waals surface area contributed by atoms with Gasteiger partial charge in [0.1, 0.15) is 5.82 Å². The molecule has 2 N–H and O–H groups in total. The third kappa shape index (κ3) is 4.86. The van der Waals surface area contributed by atoms with Crippen molar-refractivity contribution in [3.63, 3.8) is 0 Å². The van der Waals surface area contributed by atoms with E-state index in [1.165, 1.54) is 5.56 Å². The van der Waals surface area contributed by atoms with E-state index in [-0.39, 0.29) is 6.61 Å². The lowest BCUT2D eigenvalue weighted by Crippen LogP contribution is -2.01. The van der Waals surface area contributed by atoms with E-state index in [9.17, 15) is 0 Å². The first kappa shape index (κ1) is 13.3. The number of nitrogens with zero attached hydrogens (tertiary/aromatic N) is 1. The van der Waals surface area contributed by atoms with Crippen molar-refractivity contribution in [3.05, 3.63) is 23.9 Å². The zero-order chi connectivity index (χ0) is 11.8. The highest BCUT2D eigenvalue weighted by Gasteiger charge is 2.03. The number of aliphatic hydroxyl groups is 1. The number of anilines is 1. The van der Waals surface area contributed by atoms with E-state index in [1.54, 1.807) is 0 Å². The predicted octanol–water partition coefficient (Wildman–Crippen LogP) is 2.52. The Kier molecular flexibility index (Phi) is 6.26. The monoisotopic (exact) mass is 240 g/mol. The van der Waals surface area contributed by atoms with E-state index in [4.69, 9.17) is 5.11 Å². The minimum absolute atomic E-state index is 0.271. The second kappa shape index (κ2) is 7.52. The normalized spacial score (nSPS) is 12.4. The van der Waals surface area contributed by atoms with Gasteiger partial charge in [0.25, 0.3) is 0 Å². The molecule has 1 atom stereocenters. The molecule has 0 aliphatic rings. The number of nitrogens with one attached hydrogen (secondary N) is 1. The van der Waals surface area contributed by atoms with Crippen LogP contribution >= 0.6 is 11.8 Å². The van der Waals surface area contributed by atoms with E-state index in [0.29, 0.717) is 5.25 Å². The van der Waals surface area contributed by atoms with Gasteiger partial charge >= 0.3 is 0 Å². The molecule has 0 fully saturated rings. The summed E-state index contributed by atoms with van der Waals surface area (Å²) in [5.74, 6) is 1.91. The number of aliphatic hydroxyl groups excluding tert-OH is 1. The van der Waals surface area contributed by atoms with Crippen LogP contribution in [0.3, 0.4) is 0 Å². The van der Waals surface area contributed by atoms with Gasteiger partial charge in [-0.15, -0.1) is 0 Å². The zero-order valence-corrected chi connectivity index (χ0v) is 10.8. The number of thioether (sulfide) groups is 1. The summed E-state index contributed by atoms with van der Waals surface area (Å²) in [5.41, 5.74) is 1.28. The lowest BCUT2D eigenvalue weighted by molar-refractivity contribution is 0.289. The molecule has 0 amide bonds.